The van der Waals surface area contributed by atoms with Crippen molar-refractivity contribution in [3.8, 4) is 0 Å². The Balaban J connectivity index is 3.13. The molecule has 1 atom stereocenters. The molecule has 0 fully saturated rings. The molecule has 8 heteroatoms. The van der Waals surface area contributed by atoms with E-state index in [9.17, 15) is 20.0 Å². The zero-order valence-electron chi connectivity index (χ0n) is 9.83. The normalized spacial score (nSPS) is 12.0. The summed E-state index contributed by atoms with van der Waals surface area (Å²) in [5.41, 5.74) is -0.676. The van der Waals surface area contributed by atoms with E-state index in [4.69, 9.17) is 11.6 Å². The number of nitrogens with zero attached hydrogens (tertiary/aromatic N) is 3. The van der Waals surface area contributed by atoms with Crippen LogP contribution in [0.25, 0.3) is 0 Å². The van der Waals surface area contributed by atoms with E-state index in [1.165, 1.54) is 31.1 Å². The third-order valence-electron chi connectivity index (χ3n) is 2.18. The molecular formula is C10H12ClN3O4. The quantitative estimate of drug-likeness (QED) is 0.503. The Morgan fingerprint density at radius 3 is 2.83 bits per heavy atom. The van der Waals surface area contributed by atoms with Gasteiger partial charge in [-0.15, -0.1) is 0 Å². The van der Waals surface area contributed by atoms with E-state index in [-0.39, 0.29) is 17.3 Å². The molecule has 0 saturated heterocycles. The highest BCUT2D eigenvalue weighted by Crippen LogP contribution is 2.26. The fourth-order valence-electron chi connectivity index (χ4n) is 1.46. The summed E-state index contributed by atoms with van der Waals surface area (Å²) in [5.74, 6) is -0.591. The van der Waals surface area contributed by atoms with Crippen molar-refractivity contribution >= 4 is 23.2 Å². The highest BCUT2D eigenvalue weighted by Gasteiger charge is 2.27. The number of hydrogen-bond donors (Lipinski definition) is 1. The maximum absolute atomic E-state index is 12.0. The molecule has 0 bridgehead atoms. The molecule has 7 nitrogen and oxygen atoms in total. The fraction of sp³-hybridized carbons (Fsp3) is 0.400. The van der Waals surface area contributed by atoms with Crippen LogP contribution in [0.5, 0.6) is 0 Å². The topological polar surface area (TPSA) is 96.6 Å². The first-order valence-corrected chi connectivity index (χ1v) is 5.44. The van der Waals surface area contributed by atoms with E-state index < -0.39 is 22.6 Å². The van der Waals surface area contributed by atoms with Gasteiger partial charge in [-0.05, 0) is 13.0 Å². The van der Waals surface area contributed by atoms with Gasteiger partial charge in [-0.2, -0.15) is 0 Å². The Bertz CT molecular complexity index is 478. The van der Waals surface area contributed by atoms with E-state index in [1.54, 1.807) is 0 Å². The number of carbonyl (C=O) groups excluding carboxylic acids is 1. The first kappa shape index (κ1) is 14.3. The molecule has 98 valence electrons. The molecule has 1 unspecified atom stereocenters. The zero-order chi connectivity index (χ0) is 13.9. The molecule has 0 spiro atoms. The number of likely N-dealkylation sites (N-methyl/N-ethyl adjacent to an activating group) is 1. The lowest BCUT2D eigenvalue weighted by Gasteiger charge is -2.18. The van der Waals surface area contributed by atoms with Crippen molar-refractivity contribution in [2.75, 3.05) is 13.6 Å². The van der Waals surface area contributed by atoms with Gasteiger partial charge in [-0.3, -0.25) is 14.9 Å². The molecule has 1 heterocycles. The summed E-state index contributed by atoms with van der Waals surface area (Å²) in [7, 11) is 1.44. The Kier molecular flexibility index (Phi) is 4.57. The van der Waals surface area contributed by atoms with Gasteiger partial charge < -0.3 is 10.0 Å². The largest absolute Gasteiger partial charge is 0.392 e. The van der Waals surface area contributed by atoms with Crippen LogP contribution >= 0.6 is 11.6 Å². The van der Waals surface area contributed by atoms with Crippen LogP contribution in [0.2, 0.25) is 5.15 Å². The number of nitro groups is 1. The number of aliphatic hydroxyl groups excluding tert-OH is 1. The average molecular weight is 274 g/mol. The van der Waals surface area contributed by atoms with E-state index >= 15 is 0 Å². The minimum Gasteiger partial charge on any atom is -0.392 e. The molecule has 1 aromatic heterocycles. The third kappa shape index (κ3) is 3.14. The van der Waals surface area contributed by atoms with Crippen LogP contribution in [-0.4, -0.2) is 45.5 Å². The van der Waals surface area contributed by atoms with Crippen LogP contribution in [0, 0.1) is 10.1 Å². The summed E-state index contributed by atoms with van der Waals surface area (Å²) in [6.07, 6.45) is 0.494. The van der Waals surface area contributed by atoms with Crippen molar-refractivity contribution in [1.82, 2.24) is 9.88 Å². The number of carbonyl (C=O) groups is 1. The lowest BCUT2D eigenvalue weighted by atomic mass is 10.2. The van der Waals surface area contributed by atoms with Crippen molar-refractivity contribution in [3.05, 3.63) is 33.1 Å². The molecule has 0 aliphatic heterocycles. The van der Waals surface area contributed by atoms with E-state index in [2.05, 4.69) is 4.98 Å². The summed E-state index contributed by atoms with van der Waals surface area (Å²) in [6.45, 7) is 1.58. The number of amides is 1. The van der Waals surface area contributed by atoms with Gasteiger partial charge in [0.15, 0.2) is 0 Å². The van der Waals surface area contributed by atoms with Crippen molar-refractivity contribution in [2.45, 2.75) is 13.0 Å². The molecule has 0 saturated carbocycles. The molecule has 1 aromatic rings. The number of aliphatic hydroxyl groups is 1. The summed E-state index contributed by atoms with van der Waals surface area (Å²) >= 11 is 5.61. The highest BCUT2D eigenvalue weighted by atomic mass is 35.5. The maximum atomic E-state index is 12.0. The zero-order valence-corrected chi connectivity index (χ0v) is 10.6. The standard InChI is InChI=1S/C10H12ClN3O4/c1-6(15)5-13(2)10(16)7-3-4-12-9(11)8(7)14(17)18/h3-4,6,15H,5H2,1-2H3. The van der Waals surface area contributed by atoms with E-state index in [0.717, 1.165) is 0 Å². The van der Waals surface area contributed by atoms with Gasteiger partial charge in [0.25, 0.3) is 5.91 Å². The summed E-state index contributed by atoms with van der Waals surface area (Å²) < 4.78 is 0. The minimum absolute atomic E-state index is 0.0654. The van der Waals surface area contributed by atoms with Crippen molar-refractivity contribution in [2.24, 2.45) is 0 Å². The fourth-order valence-corrected chi connectivity index (χ4v) is 1.69. The van der Waals surface area contributed by atoms with Gasteiger partial charge in [0.05, 0.1) is 11.0 Å². The van der Waals surface area contributed by atoms with Gasteiger partial charge in [-0.1, -0.05) is 11.6 Å². The molecule has 1 rings (SSSR count). The number of rotatable bonds is 4. The lowest BCUT2D eigenvalue weighted by Crippen LogP contribution is -2.33. The number of aromatic nitrogens is 1. The SMILES string of the molecule is CC(O)CN(C)C(=O)c1ccnc(Cl)c1[N+](=O)[O-]. The van der Waals surface area contributed by atoms with Crippen LogP contribution < -0.4 is 0 Å². The first-order chi connectivity index (χ1) is 8.34. The molecular weight excluding hydrogens is 262 g/mol. The van der Waals surface area contributed by atoms with Gasteiger partial charge in [0, 0.05) is 19.8 Å². The second-order valence-corrected chi connectivity index (χ2v) is 4.15. The van der Waals surface area contributed by atoms with Crippen LogP contribution in [-0.2, 0) is 0 Å². The molecule has 0 aliphatic carbocycles. The number of halogens is 1. The van der Waals surface area contributed by atoms with E-state index in [1.807, 2.05) is 0 Å². The molecule has 0 aliphatic rings. The Hall–Kier alpha value is -1.73. The molecule has 1 amide bonds. The smallest absolute Gasteiger partial charge is 0.319 e. The second kappa shape index (κ2) is 5.74. The summed E-state index contributed by atoms with van der Waals surface area (Å²) in [4.78, 5) is 26.8. The van der Waals surface area contributed by atoms with Crippen molar-refractivity contribution in [3.63, 3.8) is 0 Å². The molecule has 0 aromatic carbocycles. The maximum Gasteiger partial charge on any atom is 0.319 e. The molecule has 0 radical (unpaired) electrons. The van der Waals surface area contributed by atoms with Crippen LogP contribution in [0.4, 0.5) is 5.69 Å². The molecule has 1 N–H and O–H groups in total. The van der Waals surface area contributed by atoms with Gasteiger partial charge in [0.2, 0.25) is 5.15 Å². The minimum atomic E-state index is -0.751. The van der Waals surface area contributed by atoms with Crippen molar-refractivity contribution < 1.29 is 14.8 Å². The highest BCUT2D eigenvalue weighted by molar-refractivity contribution is 6.32. The van der Waals surface area contributed by atoms with Crippen molar-refractivity contribution in [1.29, 1.82) is 0 Å². The Morgan fingerprint density at radius 2 is 2.33 bits per heavy atom. The van der Waals surface area contributed by atoms with Gasteiger partial charge in [-0.25, -0.2) is 4.98 Å². The van der Waals surface area contributed by atoms with Crippen LogP contribution in [0.3, 0.4) is 0 Å². The Morgan fingerprint density at radius 1 is 1.72 bits per heavy atom. The van der Waals surface area contributed by atoms with E-state index in [0.29, 0.717) is 0 Å². The monoisotopic (exact) mass is 273 g/mol. The average Bonchev–Trinajstić information content (AvgIpc) is 2.26. The Labute approximate surface area is 108 Å². The van der Waals surface area contributed by atoms with Gasteiger partial charge in [0.1, 0.15) is 5.56 Å². The third-order valence-corrected chi connectivity index (χ3v) is 2.45. The number of pyridine rings is 1. The summed E-state index contributed by atoms with van der Waals surface area (Å²) in [5, 5.41) is 19.7. The predicted octanol–water partition coefficient (Wildman–Crippen LogP) is 1.10. The second-order valence-electron chi connectivity index (χ2n) is 3.79. The van der Waals surface area contributed by atoms with Crippen LogP contribution in [0.15, 0.2) is 12.3 Å². The predicted molar refractivity (Wildman–Crippen MR) is 64.5 cm³/mol. The van der Waals surface area contributed by atoms with Crippen LogP contribution in [0.1, 0.15) is 17.3 Å². The van der Waals surface area contributed by atoms with Gasteiger partial charge >= 0.3 is 5.69 Å². The number of hydrogen-bond acceptors (Lipinski definition) is 5. The molecule has 18 heavy (non-hydrogen) atoms. The first-order valence-electron chi connectivity index (χ1n) is 5.07. The summed E-state index contributed by atoms with van der Waals surface area (Å²) in [6, 6.07) is 1.23. The lowest BCUT2D eigenvalue weighted by molar-refractivity contribution is -0.385.